The second kappa shape index (κ2) is 3.36. The Balaban J connectivity index is 2.65. The van der Waals surface area contributed by atoms with Crippen molar-refractivity contribution in [3.05, 3.63) is 20.7 Å². The molecule has 2 aromatic heterocycles. The topological polar surface area (TPSA) is 33.6 Å². The average Bonchev–Trinajstić information content (AvgIpc) is 2.62. The van der Waals surface area contributed by atoms with Gasteiger partial charge in [-0.25, -0.2) is 0 Å². The first-order valence-electron chi connectivity index (χ1n) is 3.55. The summed E-state index contributed by atoms with van der Waals surface area (Å²) in [6.07, 6.45) is 0. The van der Waals surface area contributed by atoms with Crippen molar-refractivity contribution in [2.75, 3.05) is 0 Å². The number of aromatic amines is 1. The van der Waals surface area contributed by atoms with Crippen molar-refractivity contribution in [1.82, 2.24) is 14.8 Å². The normalized spacial score (nSPS) is 10.6. The summed E-state index contributed by atoms with van der Waals surface area (Å²) in [5.41, 5.74) is 0. The van der Waals surface area contributed by atoms with Crippen LogP contribution in [-0.2, 0) is 7.05 Å². The summed E-state index contributed by atoms with van der Waals surface area (Å²) in [5, 5.41) is 8.91. The Morgan fingerprint density at radius 1 is 1.69 bits per heavy atom. The van der Waals surface area contributed by atoms with Gasteiger partial charge in [0.05, 0.1) is 4.88 Å². The van der Waals surface area contributed by atoms with Crippen LogP contribution < -0.4 is 0 Å². The van der Waals surface area contributed by atoms with E-state index in [9.17, 15) is 0 Å². The lowest BCUT2D eigenvalue weighted by atomic mass is 10.4. The maximum atomic E-state index is 5.03. The van der Waals surface area contributed by atoms with E-state index in [4.69, 9.17) is 12.2 Å². The number of aromatic nitrogens is 3. The highest BCUT2D eigenvalue weighted by atomic mass is 79.9. The van der Waals surface area contributed by atoms with Crippen LogP contribution in [-0.4, -0.2) is 14.8 Å². The van der Waals surface area contributed by atoms with E-state index in [1.165, 1.54) is 0 Å². The first kappa shape index (κ1) is 9.11. The van der Waals surface area contributed by atoms with Crippen molar-refractivity contribution in [2.45, 2.75) is 0 Å². The molecule has 0 saturated carbocycles. The van der Waals surface area contributed by atoms with Crippen molar-refractivity contribution in [1.29, 1.82) is 0 Å². The molecule has 68 valence electrons. The van der Waals surface area contributed by atoms with Gasteiger partial charge in [-0.2, -0.15) is 5.10 Å². The molecule has 3 nitrogen and oxygen atoms in total. The third-order valence-electron chi connectivity index (χ3n) is 1.70. The monoisotopic (exact) mass is 275 g/mol. The number of rotatable bonds is 1. The molecule has 0 aromatic carbocycles. The molecule has 6 heteroatoms. The second-order valence-electron chi connectivity index (χ2n) is 2.51. The van der Waals surface area contributed by atoms with Crippen molar-refractivity contribution in [3.8, 4) is 10.7 Å². The third kappa shape index (κ3) is 1.49. The van der Waals surface area contributed by atoms with Crippen LogP contribution in [0, 0.1) is 4.77 Å². The maximum absolute atomic E-state index is 5.03. The Kier molecular flexibility index (Phi) is 2.35. The quantitative estimate of drug-likeness (QED) is 0.812. The molecule has 0 aliphatic carbocycles. The first-order chi connectivity index (χ1) is 6.20. The van der Waals surface area contributed by atoms with Crippen LogP contribution in [0.25, 0.3) is 10.7 Å². The Morgan fingerprint density at radius 2 is 2.46 bits per heavy atom. The van der Waals surface area contributed by atoms with Gasteiger partial charge in [-0.05, 0) is 39.6 Å². The highest BCUT2D eigenvalue weighted by molar-refractivity contribution is 9.10. The molecule has 0 aliphatic heterocycles. The van der Waals surface area contributed by atoms with Crippen LogP contribution in [0.15, 0.2) is 15.9 Å². The zero-order valence-electron chi connectivity index (χ0n) is 6.74. The SMILES string of the molecule is Cn1c(-c2sccc2Br)n[nH]c1=S. The van der Waals surface area contributed by atoms with E-state index in [-0.39, 0.29) is 0 Å². The summed E-state index contributed by atoms with van der Waals surface area (Å²) >= 11 is 10.1. The minimum Gasteiger partial charge on any atom is -0.303 e. The number of H-pyrrole nitrogens is 1. The minimum atomic E-state index is 0.635. The fourth-order valence-corrected chi connectivity index (χ4v) is 2.71. The Morgan fingerprint density at radius 3 is 2.92 bits per heavy atom. The van der Waals surface area contributed by atoms with Gasteiger partial charge >= 0.3 is 0 Å². The van der Waals surface area contributed by atoms with Crippen molar-refractivity contribution in [3.63, 3.8) is 0 Å². The molecule has 0 radical (unpaired) electrons. The fourth-order valence-electron chi connectivity index (χ4n) is 1.00. The van der Waals surface area contributed by atoms with E-state index in [0.717, 1.165) is 15.2 Å². The van der Waals surface area contributed by atoms with Gasteiger partial charge in [0.1, 0.15) is 0 Å². The molecular weight excluding hydrogens is 270 g/mol. The number of nitrogens with zero attached hydrogens (tertiary/aromatic N) is 2. The van der Waals surface area contributed by atoms with E-state index in [0.29, 0.717) is 4.77 Å². The van der Waals surface area contributed by atoms with Gasteiger partial charge in [-0.1, -0.05) is 0 Å². The molecule has 0 aliphatic rings. The molecule has 0 fully saturated rings. The van der Waals surface area contributed by atoms with Gasteiger partial charge in [0.15, 0.2) is 10.6 Å². The molecule has 2 aromatic rings. The van der Waals surface area contributed by atoms with Gasteiger partial charge in [-0.3, -0.25) is 5.10 Å². The Labute approximate surface area is 92.5 Å². The molecule has 0 unspecified atom stereocenters. The molecule has 0 bridgehead atoms. The van der Waals surface area contributed by atoms with Crippen LogP contribution in [0.1, 0.15) is 0 Å². The summed E-state index contributed by atoms with van der Waals surface area (Å²) in [4.78, 5) is 1.09. The molecule has 0 atom stereocenters. The molecule has 2 rings (SSSR count). The lowest BCUT2D eigenvalue weighted by Crippen LogP contribution is -1.90. The van der Waals surface area contributed by atoms with Crippen molar-refractivity contribution >= 4 is 39.5 Å². The van der Waals surface area contributed by atoms with Crippen LogP contribution >= 0.6 is 39.5 Å². The van der Waals surface area contributed by atoms with E-state index < -0.39 is 0 Å². The molecule has 0 spiro atoms. The molecular formula is C7H6BrN3S2. The summed E-state index contributed by atoms with van der Waals surface area (Å²) in [5.74, 6) is 0.867. The standard InChI is InChI=1S/C7H6BrN3S2/c1-11-6(9-10-7(11)12)5-4(8)2-3-13-5/h2-3H,1H3,(H,10,12). The van der Waals surface area contributed by atoms with Crippen molar-refractivity contribution < 1.29 is 0 Å². The van der Waals surface area contributed by atoms with E-state index in [1.54, 1.807) is 11.3 Å². The van der Waals surface area contributed by atoms with E-state index >= 15 is 0 Å². The lowest BCUT2D eigenvalue weighted by Gasteiger charge is -1.96. The molecule has 2 heterocycles. The van der Waals surface area contributed by atoms with E-state index in [2.05, 4.69) is 26.1 Å². The van der Waals surface area contributed by atoms with Gasteiger partial charge in [0.2, 0.25) is 0 Å². The summed E-state index contributed by atoms with van der Waals surface area (Å²) in [6.45, 7) is 0. The number of halogens is 1. The maximum Gasteiger partial charge on any atom is 0.195 e. The van der Waals surface area contributed by atoms with Gasteiger partial charge < -0.3 is 4.57 Å². The first-order valence-corrected chi connectivity index (χ1v) is 5.63. The summed E-state index contributed by atoms with van der Waals surface area (Å²) < 4.78 is 3.54. The second-order valence-corrected chi connectivity index (χ2v) is 4.67. The molecule has 0 saturated heterocycles. The highest BCUT2D eigenvalue weighted by Crippen LogP contribution is 2.31. The van der Waals surface area contributed by atoms with Crippen LogP contribution in [0.4, 0.5) is 0 Å². The fraction of sp³-hybridized carbons (Fsp3) is 0.143. The predicted molar refractivity (Wildman–Crippen MR) is 59.4 cm³/mol. The molecule has 13 heavy (non-hydrogen) atoms. The summed E-state index contributed by atoms with van der Waals surface area (Å²) in [6, 6.07) is 2.00. The lowest BCUT2D eigenvalue weighted by molar-refractivity contribution is 0.903. The van der Waals surface area contributed by atoms with Gasteiger partial charge in [0.25, 0.3) is 0 Å². The Hall–Kier alpha value is -0.460. The smallest absolute Gasteiger partial charge is 0.195 e. The minimum absolute atomic E-state index is 0.635. The molecule has 0 amide bonds. The number of nitrogens with one attached hydrogen (secondary N) is 1. The number of hydrogen-bond acceptors (Lipinski definition) is 3. The average molecular weight is 276 g/mol. The predicted octanol–water partition coefficient (Wildman–Crippen LogP) is 2.97. The van der Waals surface area contributed by atoms with Crippen molar-refractivity contribution in [2.24, 2.45) is 7.05 Å². The molecule has 1 N–H and O–H groups in total. The zero-order valence-corrected chi connectivity index (χ0v) is 9.96. The number of thiophene rings is 1. The van der Waals surface area contributed by atoms with Crippen LogP contribution in [0.5, 0.6) is 0 Å². The third-order valence-corrected chi connectivity index (χ3v) is 3.90. The zero-order chi connectivity index (χ0) is 9.42. The van der Waals surface area contributed by atoms with Gasteiger partial charge in [0, 0.05) is 11.5 Å². The Bertz CT molecular complexity index is 482. The highest BCUT2D eigenvalue weighted by Gasteiger charge is 2.10. The largest absolute Gasteiger partial charge is 0.303 e. The van der Waals surface area contributed by atoms with Crippen LogP contribution in [0.3, 0.4) is 0 Å². The van der Waals surface area contributed by atoms with Crippen LogP contribution in [0.2, 0.25) is 0 Å². The van der Waals surface area contributed by atoms with Gasteiger partial charge in [-0.15, -0.1) is 11.3 Å². The summed E-state index contributed by atoms with van der Waals surface area (Å²) in [7, 11) is 1.90. The van der Waals surface area contributed by atoms with E-state index in [1.807, 2.05) is 23.1 Å². The number of hydrogen-bond donors (Lipinski definition) is 1.